The van der Waals surface area contributed by atoms with Crippen LogP contribution in [-0.2, 0) is 4.74 Å². The quantitative estimate of drug-likeness (QED) is 0.859. The summed E-state index contributed by atoms with van der Waals surface area (Å²) in [6.07, 6.45) is 0.130. The Bertz CT molecular complexity index is 469. The smallest absolute Gasteiger partial charge is 0.322 e. The summed E-state index contributed by atoms with van der Waals surface area (Å²) in [6.45, 7) is 7.05. The number of halogens is 1. The van der Waals surface area contributed by atoms with Crippen LogP contribution >= 0.6 is 11.6 Å². The maximum absolute atomic E-state index is 12.2. The number of carbonyl (C=O) groups is 1. The summed E-state index contributed by atoms with van der Waals surface area (Å²) in [4.78, 5) is 14.0. The van der Waals surface area contributed by atoms with Gasteiger partial charge in [-0.2, -0.15) is 0 Å². The molecule has 104 valence electrons. The highest BCUT2D eigenvalue weighted by atomic mass is 35.5. The molecule has 2 atom stereocenters. The van der Waals surface area contributed by atoms with Crippen LogP contribution in [0.25, 0.3) is 0 Å². The summed E-state index contributed by atoms with van der Waals surface area (Å²) in [5.74, 6) is 0. The van der Waals surface area contributed by atoms with Crippen molar-refractivity contribution >= 4 is 23.3 Å². The van der Waals surface area contributed by atoms with Crippen LogP contribution in [0.3, 0.4) is 0 Å². The number of amides is 2. The van der Waals surface area contributed by atoms with E-state index in [1.54, 1.807) is 4.90 Å². The number of hydrogen-bond acceptors (Lipinski definition) is 2. The third-order valence-corrected chi connectivity index (χ3v) is 3.63. The molecule has 1 fully saturated rings. The van der Waals surface area contributed by atoms with Gasteiger partial charge in [0.05, 0.1) is 12.2 Å². The fraction of sp³-hybridized carbons (Fsp3) is 0.500. The molecule has 0 unspecified atom stereocenters. The average Bonchev–Trinajstić information content (AvgIpc) is 2.33. The second-order valence-electron chi connectivity index (χ2n) is 5.00. The third kappa shape index (κ3) is 3.39. The first-order valence-electron chi connectivity index (χ1n) is 6.44. The molecule has 0 spiro atoms. The molecule has 1 heterocycles. The summed E-state index contributed by atoms with van der Waals surface area (Å²) >= 11 is 6.04. The number of ether oxygens (including phenoxy) is 1. The van der Waals surface area contributed by atoms with Crippen LogP contribution < -0.4 is 5.32 Å². The van der Waals surface area contributed by atoms with E-state index in [1.165, 1.54) is 0 Å². The fourth-order valence-electron chi connectivity index (χ4n) is 2.28. The lowest BCUT2D eigenvalue weighted by Crippen LogP contribution is -2.49. The van der Waals surface area contributed by atoms with Crippen LogP contribution in [0.1, 0.15) is 19.4 Å². The normalized spacial score (nSPS) is 23.3. The molecule has 0 radical (unpaired) electrons. The average molecular weight is 283 g/mol. The first-order valence-corrected chi connectivity index (χ1v) is 6.81. The maximum atomic E-state index is 12.2. The third-order valence-electron chi connectivity index (χ3n) is 3.22. The highest BCUT2D eigenvalue weighted by molar-refractivity contribution is 6.31. The van der Waals surface area contributed by atoms with E-state index < -0.39 is 0 Å². The number of rotatable bonds is 1. The van der Waals surface area contributed by atoms with Crippen molar-refractivity contribution in [1.82, 2.24) is 4.90 Å². The Kier molecular flexibility index (Phi) is 4.32. The Labute approximate surface area is 118 Å². The summed E-state index contributed by atoms with van der Waals surface area (Å²) in [5, 5.41) is 3.56. The van der Waals surface area contributed by atoms with E-state index in [0.717, 1.165) is 11.3 Å². The largest absolute Gasteiger partial charge is 0.372 e. The number of urea groups is 1. The topological polar surface area (TPSA) is 41.6 Å². The number of anilines is 1. The Morgan fingerprint density at radius 2 is 2.00 bits per heavy atom. The monoisotopic (exact) mass is 282 g/mol. The Balaban J connectivity index is 2.06. The molecule has 1 N–H and O–H groups in total. The van der Waals surface area contributed by atoms with Gasteiger partial charge in [-0.05, 0) is 38.5 Å². The summed E-state index contributed by atoms with van der Waals surface area (Å²) < 4.78 is 5.62. The van der Waals surface area contributed by atoms with Crippen LogP contribution in [0.15, 0.2) is 18.2 Å². The molecular formula is C14H19ClN2O2. The highest BCUT2D eigenvalue weighted by Gasteiger charge is 2.26. The first-order chi connectivity index (χ1) is 8.97. The zero-order chi connectivity index (χ0) is 14.0. The van der Waals surface area contributed by atoms with Crippen LogP contribution in [0, 0.1) is 6.92 Å². The SMILES string of the molecule is Cc1c(Cl)cccc1NC(=O)N1C[C@H](C)O[C@@H](C)C1. The van der Waals surface area contributed by atoms with Crippen molar-refractivity contribution in [3.05, 3.63) is 28.8 Å². The van der Waals surface area contributed by atoms with E-state index in [-0.39, 0.29) is 18.2 Å². The minimum absolute atomic E-state index is 0.0648. The van der Waals surface area contributed by atoms with Gasteiger partial charge < -0.3 is 15.0 Å². The van der Waals surface area contributed by atoms with E-state index in [2.05, 4.69) is 5.32 Å². The molecule has 2 amide bonds. The minimum Gasteiger partial charge on any atom is -0.372 e. The number of hydrogen-bond donors (Lipinski definition) is 1. The van der Waals surface area contributed by atoms with Gasteiger partial charge in [-0.15, -0.1) is 0 Å². The lowest BCUT2D eigenvalue weighted by Gasteiger charge is -2.35. The van der Waals surface area contributed by atoms with Gasteiger partial charge in [0.15, 0.2) is 0 Å². The van der Waals surface area contributed by atoms with Gasteiger partial charge >= 0.3 is 6.03 Å². The maximum Gasteiger partial charge on any atom is 0.322 e. The fourth-order valence-corrected chi connectivity index (χ4v) is 2.46. The molecular weight excluding hydrogens is 264 g/mol. The van der Waals surface area contributed by atoms with Crippen molar-refractivity contribution in [2.75, 3.05) is 18.4 Å². The number of morpholine rings is 1. The molecule has 0 aromatic heterocycles. The molecule has 1 aliphatic heterocycles. The molecule has 0 saturated carbocycles. The van der Waals surface area contributed by atoms with Gasteiger partial charge in [0.1, 0.15) is 0 Å². The van der Waals surface area contributed by atoms with Crippen molar-refractivity contribution in [3.8, 4) is 0 Å². The molecule has 1 aliphatic rings. The molecule has 4 nitrogen and oxygen atoms in total. The lowest BCUT2D eigenvalue weighted by atomic mass is 10.2. The van der Waals surface area contributed by atoms with E-state index in [0.29, 0.717) is 18.1 Å². The standard InChI is InChI=1S/C14H19ClN2O2/c1-9-7-17(8-10(2)19-9)14(18)16-13-6-4-5-12(15)11(13)3/h4-6,9-10H,7-8H2,1-3H3,(H,16,18)/t9-,10-/m0/s1. The minimum atomic E-state index is -0.104. The van der Waals surface area contributed by atoms with Crippen LogP contribution in [0.4, 0.5) is 10.5 Å². The van der Waals surface area contributed by atoms with Gasteiger partial charge in [0.2, 0.25) is 0 Å². The number of carbonyl (C=O) groups excluding carboxylic acids is 1. The Morgan fingerprint density at radius 3 is 2.63 bits per heavy atom. The van der Waals surface area contributed by atoms with Gasteiger partial charge in [-0.1, -0.05) is 17.7 Å². The van der Waals surface area contributed by atoms with Gasteiger partial charge in [-0.3, -0.25) is 0 Å². The second kappa shape index (κ2) is 5.80. The molecule has 5 heteroatoms. The first kappa shape index (κ1) is 14.2. The number of nitrogens with zero attached hydrogens (tertiary/aromatic N) is 1. The summed E-state index contributed by atoms with van der Waals surface area (Å²) in [6, 6.07) is 5.39. The molecule has 1 aromatic carbocycles. The lowest BCUT2D eigenvalue weighted by molar-refractivity contribution is -0.0530. The molecule has 0 aliphatic carbocycles. The summed E-state index contributed by atoms with van der Waals surface area (Å²) in [5.41, 5.74) is 1.64. The van der Waals surface area contributed by atoms with E-state index in [9.17, 15) is 4.79 Å². The molecule has 0 bridgehead atoms. The van der Waals surface area contributed by atoms with Crippen molar-refractivity contribution in [2.24, 2.45) is 0 Å². The van der Waals surface area contributed by atoms with E-state index in [1.807, 2.05) is 39.0 Å². The Morgan fingerprint density at radius 1 is 1.37 bits per heavy atom. The van der Waals surface area contributed by atoms with Gasteiger partial charge in [0.25, 0.3) is 0 Å². The van der Waals surface area contributed by atoms with Crippen molar-refractivity contribution in [2.45, 2.75) is 33.0 Å². The number of benzene rings is 1. The van der Waals surface area contributed by atoms with Crippen molar-refractivity contribution in [3.63, 3.8) is 0 Å². The number of nitrogens with one attached hydrogen (secondary N) is 1. The second-order valence-corrected chi connectivity index (χ2v) is 5.41. The Hall–Kier alpha value is -1.26. The zero-order valence-corrected chi connectivity index (χ0v) is 12.2. The van der Waals surface area contributed by atoms with E-state index in [4.69, 9.17) is 16.3 Å². The van der Waals surface area contributed by atoms with Crippen LogP contribution in [0.2, 0.25) is 5.02 Å². The molecule has 19 heavy (non-hydrogen) atoms. The van der Waals surface area contributed by atoms with Crippen LogP contribution in [0.5, 0.6) is 0 Å². The van der Waals surface area contributed by atoms with Gasteiger partial charge in [-0.25, -0.2) is 4.79 Å². The summed E-state index contributed by atoms with van der Waals surface area (Å²) in [7, 11) is 0. The molecule has 1 saturated heterocycles. The predicted octanol–water partition coefficient (Wildman–Crippen LogP) is 3.29. The van der Waals surface area contributed by atoms with E-state index >= 15 is 0 Å². The van der Waals surface area contributed by atoms with Crippen molar-refractivity contribution in [1.29, 1.82) is 0 Å². The molecule has 1 aromatic rings. The molecule has 2 rings (SSSR count). The van der Waals surface area contributed by atoms with Crippen molar-refractivity contribution < 1.29 is 9.53 Å². The zero-order valence-electron chi connectivity index (χ0n) is 11.4. The predicted molar refractivity (Wildman–Crippen MR) is 76.8 cm³/mol. The van der Waals surface area contributed by atoms with Gasteiger partial charge in [0, 0.05) is 23.8 Å². The highest BCUT2D eigenvalue weighted by Crippen LogP contribution is 2.23. The van der Waals surface area contributed by atoms with Crippen LogP contribution in [-0.4, -0.2) is 36.2 Å².